The Balaban J connectivity index is 1.37. The molecule has 0 spiro atoms. The zero-order chi connectivity index (χ0) is 26.6. The van der Waals surface area contributed by atoms with E-state index in [1.165, 1.54) is 35.6 Å². The number of amides is 1. The molecule has 0 fully saturated rings. The number of hydrogen-bond acceptors (Lipinski definition) is 8. The summed E-state index contributed by atoms with van der Waals surface area (Å²) in [5, 5.41) is 22.2. The number of halogens is 1. The van der Waals surface area contributed by atoms with Gasteiger partial charge < -0.3 is 20.6 Å². The summed E-state index contributed by atoms with van der Waals surface area (Å²) in [5.41, 5.74) is 1.40. The molecule has 9 nitrogen and oxygen atoms in total. The number of hydrogen-bond donors (Lipinski definition) is 4. The van der Waals surface area contributed by atoms with Crippen LogP contribution < -0.4 is 21.1 Å². The van der Waals surface area contributed by atoms with Crippen LogP contribution in [0.15, 0.2) is 77.7 Å². The van der Waals surface area contributed by atoms with Crippen LogP contribution in [0.4, 0.5) is 27.3 Å². The number of aliphatic hydroxyl groups is 1. The highest BCUT2D eigenvalue weighted by molar-refractivity contribution is 7.20. The van der Waals surface area contributed by atoms with Crippen molar-refractivity contribution in [1.29, 1.82) is 0 Å². The molecule has 0 saturated heterocycles. The van der Waals surface area contributed by atoms with Crippen molar-refractivity contribution in [3.8, 4) is 11.3 Å². The van der Waals surface area contributed by atoms with Crippen molar-refractivity contribution in [3.63, 3.8) is 0 Å². The summed E-state index contributed by atoms with van der Waals surface area (Å²) >= 11 is 1.33. The number of nitrogens with one attached hydrogen (secondary N) is 3. The number of likely N-dealkylation sites (N-methyl/N-ethyl adjacent to an activating group) is 1. The molecule has 0 aliphatic carbocycles. The summed E-state index contributed by atoms with van der Waals surface area (Å²) in [6.07, 6.45) is 1.62. The molecule has 192 valence electrons. The molecule has 4 N–H and O–H groups in total. The van der Waals surface area contributed by atoms with Gasteiger partial charge >= 0.3 is 0 Å². The number of thiophene rings is 1. The van der Waals surface area contributed by atoms with Crippen molar-refractivity contribution in [2.45, 2.75) is 0 Å². The van der Waals surface area contributed by atoms with E-state index in [-0.39, 0.29) is 18.0 Å². The van der Waals surface area contributed by atoms with Gasteiger partial charge in [0.2, 0.25) is 0 Å². The first-order valence-electron chi connectivity index (χ1n) is 11.7. The molecule has 0 saturated carbocycles. The number of anilines is 4. The maximum Gasteiger partial charge on any atom is 0.287 e. The first-order chi connectivity index (χ1) is 18.4. The summed E-state index contributed by atoms with van der Waals surface area (Å²) in [4.78, 5) is 31.9. The van der Waals surface area contributed by atoms with Crippen molar-refractivity contribution in [2.24, 2.45) is 0 Å². The highest BCUT2D eigenvalue weighted by atomic mass is 32.1. The Bertz CT molecular complexity index is 1640. The first-order valence-corrected chi connectivity index (χ1v) is 12.5. The number of aromatic nitrogens is 3. The monoisotopic (exact) mass is 530 g/mol. The molecule has 3 aromatic heterocycles. The molecule has 5 aromatic rings. The van der Waals surface area contributed by atoms with Gasteiger partial charge in [0.25, 0.3) is 11.5 Å². The lowest BCUT2D eigenvalue weighted by molar-refractivity contribution is 0.103. The predicted octanol–water partition coefficient (Wildman–Crippen LogP) is 4.61. The van der Waals surface area contributed by atoms with Crippen LogP contribution in [0, 0.1) is 5.82 Å². The standard InChI is InChI=1S/C27H23FN6O3S/c1-34(10-11-35)18-7-9-25(29-15-18)30-22-14-20(32-33-26(22)36)16-6-8-19(28)21(12-16)31-27(37)24-13-17-4-2-3-5-23(17)38-24/h2-9,12-15,35H,10-11H2,1H3,(H,31,37)(H,33,36)(H,29,30,32). The van der Waals surface area contributed by atoms with Crippen LogP contribution in [-0.4, -0.2) is 46.4 Å². The van der Waals surface area contributed by atoms with Gasteiger partial charge in [0.1, 0.15) is 17.3 Å². The number of carbonyl (C=O) groups excluding carboxylic acids is 1. The molecule has 0 radical (unpaired) electrons. The molecule has 3 heterocycles. The number of rotatable bonds is 8. The molecule has 38 heavy (non-hydrogen) atoms. The highest BCUT2D eigenvalue weighted by Gasteiger charge is 2.15. The third-order valence-corrected chi connectivity index (χ3v) is 6.96. The molecule has 0 atom stereocenters. The van der Waals surface area contributed by atoms with Gasteiger partial charge in [0.05, 0.1) is 34.7 Å². The summed E-state index contributed by atoms with van der Waals surface area (Å²) in [6.45, 7) is 0.484. The predicted molar refractivity (Wildman–Crippen MR) is 148 cm³/mol. The quantitative estimate of drug-likeness (QED) is 0.231. The molecule has 2 aromatic carbocycles. The lowest BCUT2D eigenvalue weighted by Gasteiger charge is -2.17. The second kappa shape index (κ2) is 10.8. The number of fused-ring (bicyclic) bond motifs is 1. The minimum Gasteiger partial charge on any atom is -0.395 e. The van der Waals surface area contributed by atoms with Gasteiger partial charge in [-0.2, -0.15) is 5.10 Å². The molecule has 11 heteroatoms. The Hall–Kier alpha value is -4.61. The number of H-pyrrole nitrogens is 1. The SMILES string of the molecule is CN(CCO)c1ccc(Nc2cc(-c3ccc(F)c(NC(=O)c4cc5ccccc5s4)c3)n[nH]c2=O)nc1. The van der Waals surface area contributed by atoms with E-state index >= 15 is 0 Å². The fourth-order valence-corrected chi connectivity index (χ4v) is 4.77. The van der Waals surface area contributed by atoms with Crippen molar-refractivity contribution < 1.29 is 14.3 Å². The molecular formula is C27H23FN6O3S. The van der Waals surface area contributed by atoms with E-state index in [1.807, 2.05) is 42.3 Å². The second-order valence-corrected chi connectivity index (χ2v) is 9.55. The van der Waals surface area contributed by atoms with E-state index in [4.69, 9.17) is 5.11 Å². The zero-order valence-corrected chi connectivity index (χ0v) is 21.1. The lowest BCUT2D eigenvalue weighted by atomic mass is 10.1. The fraction of sp³-hybridized carbons (Fsp3) is 0.111. The van der Waals surface area contributed by atoms with Gasteiger partial charge in [-0.15, -0.1) is 11.3 Å². The molecule has 0 bridgehead atoms. The van der Waals surface area contributed by atoms with E-state index in [1.54, 1.807) is 18.3 Å². The number of benzene rings is 2. The Morgan fingerprint density at radius 2 is 1.95 bits per heavy atom. The maximum atomic E-state index is 14.6. The summed E-state index contributed by atoms with van der Waals surface area (Å²) in [5.74, 6) is -0.580. The molecule has 0 aliphatic heterocycles. The van der Waals surface area contributed by atoms with Gasteiger partial charge in [0, 0.05) is 23.9 Å². The number of nitrogens with zero attached hydrogens (tertiary/aromatic N) is 3. The van der Waals surface area contributed by atoms with Crippen LogP contribution in [0.1, 0.15) is 9.67 Å². The first kappa shape index (κ1) is 25.1. The van der Waals surface area contributed by atoms with Crippen molar-refractivity contribution in [3.05, 3.63) is 94.0 Å². The molecule has 1 amide bonds. The molecule has 0 unspecified atom stereocenters. The van der Waals surface area contributed by atoms with E-state index in [2.05, 4.69) is 25.8 Å². The van der Waals surface area contributed by atoms with Crippen LogP contribution in [0.3, 0.4) is 0 Å². The van der Waals surface area contributed by atoms with Gasteiger partial charge in [0.15, 0.2) is 0 Å². The van der Waals surface area contributed by atoms with Crippen LogP contribution in [0.2, 0.25) is 0 Å². The zero-order valence-electron chi connectivity index (χ0n) is 20.2. The van der Waals surface area contributed by atoms with Crippen molar-refractivity contribution in [1.82, 2.24) is 15.2 Å². The Morgan fingerprint density at radius 1 is 1.11 bits per heavy atom. The number of aliphatic hydroxyl groups excluding tert-OH is 1. The smallest absolute Gasteiger partial charge is 0.287 e. The lowest BCUT2D eigenvalue weighted by Crippen LogP contribution is -2.21. The number of aromatic amines is 1. The van der Waals surface area contributed by atoms with E-state index in [0.29, 0.717) is 28.5 Å². The minimum absolute atomic E-state index is 0.00304. The average Bonchev–Trinajstić information content (AvgIpc) is 3.36. The average molecular weight is 531 g/mol. The molecule has 5 rings (SSSR count). The Kier molecular flexibility index (Phi) is 7.11. The summed E-state index contributed by atoms with van der Waals surface area (Å²) < 4.78 is 15.6. The third-order valence-electron chi connectivity index (χ3n) is 5.85. The van der Waals surface area contributed by atoms with Crippen molar-refractivity contribution in [2.75, 3.05) is 35.7 Å². The van der Waals surface area contributed by atoms with Crippen LogP contribution in [0.25, 0.3) is 21.3 Å². The van der Waals surface area contributed by atoms with Gasteiger partial charge in [-0.3, -0.25) is 9.59 Å². The number of pyridine rings is 1. The van der Waals surface area contributed by atoms with Crippen LogP contribution >= 0.6 is 11.3 Å². The normalized spacial score (nSPS) is 10.9. The Labute approximate surface area is 220 Å². The third kappa shape index (κ3) is 5.38. The topological polar surface area (TPSA) is 123 Å². The molecule has 0 aliphatic rings. The van der Waals surface area contributed by atoms with E-state index in [9.17, 15) is 14.0 Å². The van der Waals surface area contributed by atoms with E-state index < -0.39 is 17.3 Å². The summed E-state index contributed by atoms with van der Waals surface area (Å²) in [6, 6.07) is 18.7. The Morgan fingerprint density at radius 3 is 2.71 bits per heavy atom. The summed E-state index contributed by atoms with van der Waals surface area (Å²) in [7, 11) is 1.84. The fourth-order valence-electron chi connectivity index (χ4n) is 3.81. The minimum atomic E-state index is -0.596. The number of carbonyl (C=O) groups is 1. The van der Waals surface area contributed by atoms with Crippen LogP contribution in [-0.2, 0) is 0 Å². The van der Waals surface area contributed by atoms with Gasteiger partial charge in [-0.25, -0.2) is 14.5 Å². The molecular weight excluding hydrogens is 507 g/mol. The highest BCUT2D eigenvalue weighted by Crippen LogP contribution is 2.28. The van der Waals surface area contributed by atoms with Gasteiger partial charge in [-0.1, -0.05) is 18.2 Å². The maximum absolute atomic E-state index is 14.6. The van der Waals surface area contributed by atoms with E-state index in [0.717, 1.165) is 15.8 Å². The van der Waals surface area contributed by atoms with Crippen molar-refractivity contribution >= 4 is 50.2 Å². The second-order valence-electron chi connectivity index (χ2n) is 8.47. The van der Waals surface area contributed by atoms with Crippen LogP contribution in [0.5, 0.6) is 0 Å². The largest absolute Gasteiger partial charge is 0.395 e. The van der Waals surface area contributed by atoms with Gasteiger partial charge in [-0.05, 0) is 53.9 Å².